The zero-order chi connectivity index (χ0) is 12.3. The minimum atomic E-state index is 0.220. The van der Waals surface area contributed by atoms with E-state index in [0.717, 1.165) is 4.34 Å². The summed E-state index contributed by atoms with van der Waals surface area (Å²) in [5.41, 5.74) is 5.59. The summed E-state index contributed by atoms with van der Waals surface area (Å²) < 4.78 is 0.800. The predicted molar refractivity (Wildman–Crippen MR) is 71.0 cm³/mol. The molecular formula is C11H13ClN4S. The van der Waals surface area contributed by atoms with Crippen LogP contribution in [0.1, 0.15) is 23.7 Å². The Hall–Kier alpha value is -1.17. The van der Waals surface area contributed by atoms with Crippen LogP contribution in [0.15, 0.2) is 24.4 Å². The lowest BCUT2D eigenvalue weighted by atomic mass is 10.3. The molecule has 0 spiro atoms. The maximum atomic E-state index is 5.89. The van der Waals surface area contributed by atoms with Crippen molar-refractivity contribution in [3.05, 3.63) is 39.4 Å². The molecule has 17 heavy (non-hydrogen) atoms. The van der Waals surface area contributed by atoms with Crippen molar-refractivity contribution in [3.63, 3.8) is 0 Å². The summed E-state index contributed by atoms with van der Waals surface area (Å²) in [6.07, 6.45) is 1.66. The first-order valence-corrected chi connectivity index (χ1v) is 6.40. The summed E-state index contributed by atoms with van der Waals surface area (Å²) >= 11 is 7.46. The summed E-state index contributed by atoms with van der Waals surface area (Å²) in [4.78, 5) is 9.45. The van der Waals surface area contributed by atoms with Crippen LogP contribution in [0, 0.1) is 0 Å². The van der Waals surface area contributed by atoms with Gasteiger partial charge >= 0.3 is 0 Å². The number of nitrogen functional groups attached to an aromatic ring is 1. The summed E-state index contributed by atoms with van der Waals surface area (Å²) in [7, 11) is 0. The number of thiophene rings is 1. The molecule has 0 aliphatic rings. The Morgan fingerprint density at radius 1 is 1.47 bits per heavy atom. The van der Waals surface area contributed by atoms with E-state index in [1.54, 1.807) is 23.6 Å². The van der Waals surface area contributed by atoms with Crippen LogP contribution in [0.4, 0.5) is 5.82 Å². The van der Waals surface area contributed by atoms with Crippen LogP contribution < -0.4 is 11.1 Å². The molecule has 0 radical (unpaired) electrons. The number of hydrogen-bond acceptors (Lipinski definition) is 5. The third kappa shape index (κ3) is 3.39. The summed E-state index contributed by atoms with van der Waals surface area (Å²) in [5.74, 6) is 1.18. The monoisotopic (exact) mass is 268 g/mol. The van der Waals surface area contributed by atoms with Crippen LogP contribution in [-0.2, 0) is 6.54 Å². The Morgan fingerprint density at radius 3 is 2.94 bits per heavy atom. The molecule has 2 aromatic rings. The van der Waals surface area contributed by atoms with Gasteiger partial charge in [-0.1, -0.05) is 11.6 Å². The summed E-state index contributed by atoms with van der Waals surface area (Å²) in [6, 6.07) is 5.81. The van der Waals surface area contributed by atoms with E-state index in [4.69, 9.17) is 17.3 Å². The van der Waals surface area contributed by atoms with Crippen molar-refractivity contribution in [2.45, 2.75) is 19.5 Å². The van der Waals surface area contributed by atoms with Gasteiger partial charge in [-0.25, -0.2) is 9.97 Å². The molecule has 1 atom stereocenters. The third-order valence-corrected chi connectivity index (χ3v) is 3.73. The van der Waals surface area contributed by atoms with Crippen molar-refractivity contribution in [1.82, 2.24) is 15.3 Å². The molecule has 90 valence electrons. The minimum Gasteiger partial charge on any atom is -0.384 e. The lowest BCUT2D eigenvalue weighted by Gasteiger charge is -2.11. The van der Waals surface area contributed by atoms with Crippen LogP contribution in [0.25, 0.3) is 0 Å². The van der Waals surface area contributed by atoms with Crippen LogP contribution >= 0.6 is 22.9 Å². The van der Waals surface area contributed by atoms with Gasteiger partial charge in [-0.2, -0.15) is 0 Å². The average Bonchev–Trinajstić information content (AvgIpc) is 2.73. The summed E-state index contributed by atoms with van der Waals surface area (Å²) in [5, 5.41) is 3.33. The van der Waals surface area contributed by atoms with Crippen molar-refractivity contribution in [2.24, 2.45) is 0 Å². The number of nitrogens with two attached hydrogens (primary N) is 1. The second-order valence-corrected chi connectivity index (χ2v) is 5.39. The molecule has 0 saturated heterocycles. The fourth-order valence-corrected chi connectivity index (χ4v) is 2.49. The third-order valence-electron chi connectivity index (χ3n) is 2.31. The highest BCUT2D eigenvalue weighted by Gasteiger charge is 2.08. The summed E-state index contributed by atoms with van der Waals surface area (Å²) in [6.45, 7) is 2.66. The first-order chi connectivity index (χ1) is 8.15. The van der Waals surface area contributed by atoms with Gasteiger partial charge in [-0.15, -0.1) is 11.3 Å². The van der Waals surface area contributed by atoms with Crippen LogP contribution in [0.5, 0.6) is 0 Å². The van der Waals surface area contributed by atoms with Gasteiger partial charge in [0.15, 0.2) is 0 Å². The van der Waals surface area contributed by atoms with Crippen molar-refractivity contribution < 1.29 is 0 Å². The van der Waals surface area contributed by atoms with E-state index in [1.165, 1.54) is 4.88 Å². The molecule has 0 aliphatic carbocycles. The van der Waals surface area contributed by atoms with E-state index in [-0.39, 0.29) is 6.04 Å². The van der Waals surface area contributed by atoms with Gasteiger partial charge in [-0.3, -0.25) is 0 Å². The van der Waals surface area contributed by atoms with E-state index < -0.39 is 0 Å². The van der Waals surface area contributed by atoms with Gasteiger partial charge in [0, 0.05) is 17.1 Å². The van der Waals surface area contributed by atoms with Gasteiger partial charge < -0.3 is 11.1 Å². The average molecular weight is 269 g/mol. The van der Waals surface area contributed by atoms with Crippen LogP contribution in [0.2, 0.25) is 4.34 Å². The first kappa shape index (κ1) is 12.3. The standard InChI is InChI=1S/C11H13ClN4S/c1-7(8-2-3-9(12)17-8)15-6-11-14-5-4-10(13)16-11/h2-5,7,15H,6H2,1H3,(H2,13,14,16)/t7-/m1/s1. The van der Waals surface area contributed by atoms with Crippen LogP contribution in [-0.4, -0.2) is 9.97 Å². The van der Waals surface area contributed by atoms with Crippen molar-refractivity contribution in [2.75, 3.05) is 5.73 Å². The number of aromatic nitrogens is 2. The number of nitrogens with one attached hydrogen (secondary N) is 1. The van der Waals surface area contributed by atoms with E-state index >= 15 is 0 Å². The molecule has 0 bridgehead atoms. The molecule has 2 rings (SSSR count). The Bertz CT molecular complexity index is 500. The zero-order valence-corrected chi connectivity index (χ0v) is 10.9. The zero-order valence-electron chi connectivity index (χ0n) is 9.35. The molecule has 3 N–H and O–H groups in total. The molecule has 0 aliphatic heterocycles. The molecule has 0 aromatic carbocycles. The normalized spacial score (nSPS) is 12.6. The first-order valence-electron chi connectivity index (χ1n) is 5.21. The maximum Gasteiger partial charge on any atom is 0.144 e. The molecule has 0 fully saturated rings. The van der Waals surface area contributed by atoms with Crippen LogP contribution in [0.3, 0.4) is 0 Å². The molecule has 0 amide bonds. The van der Waals surface area contributed by atoms with Gasteiger partial charge in [0.25, 0.3) is 0 Å². The Labute approximate surface area is 109 Å². The lowest BCUT2D eigenvalue weighted by Crippen LogP contribution is -2.19. The highest BCUT2D eigenvalue weighted by molar-refractivity contribution is 7.16. The second kappa shape index (κ2) is 5.44. The number of hydrogen-bond donors (Lipinski definition) is 2. The lowest BCUT2D eigenvalue weighted by molar-refractivity contribution is 0.567. The van der Waals surface area contributed by atoms with E-state index in [0.29, 0.717) is 18.2 Å². The van der Waals surface area contributed by atoms with E-state index in [2.05, 4.69) is 22.2 Å². The number of halogens is 1. The Kier molecular flexibility index (Phi) is 3.93. The molecule has 0 saturated carbocycles. The smallest absolute Gasteiger partial charge is 0.144 e. The largest absolute Gasteiger partial charge is 0.384 e. The Balaban J connectivity index is 1.94. The van der Waals surface area contributed by atoms with Crippen molar-refractivity contribution >= 4 is 28.8 Å². The Morgan fingerprint density at radius 2 is 2.29 bits per heavy atom. The molecule has 2 aromatic heterocycles. The quantitative estimate of drug-likeness (QED) is 0.895. The van der Waals surface area contributed by atoms with Crippen molar-refractivity contribution in [3.8, 4) is 0 Å². The van der Waals surface area contributed by atoms with Crippen molar-refractivity contribution in [1.29, 1.82) is 0 Å². The maximum absolute atomic E-state index is 5.89. The molecular weight excluding hydrogens is 256 g/mol. The highest BCUT2D eigenvalue weighted by atomic mass is 35.5. The van der Waals surface area contributed by atoms with Gasteiger partial charge in [0.2, 0.25) is 0 Å². The fourth-order valence-electron chi connectivity index (χ4n) is 1.41. The molecule has 2 heterocycles. The fraction of sp³-hybridized carbons (Fsp3) is 0.273. The number of rotatable bonds is 4. The van der Waals surface area contributed by atoms with E-state index in [1.807, 2.05) is 12.1 Å². The highest BCUT2D eigenvalue weighted by Crippen LogP contribution is 2.26. The van der Waals surface area contributed by atoms with Gasteiger partial charge in [0.05, 0.1) is 10.9 Å². The topological polar surface area (TPSA) is 63.8 Å². The molecule has 0 unspecified atom stereocenters. The molecule has 6 heteroatoms. The van der Waals surface area contributed by atoms with E-state index in [9.17, 15) is 0 Å². The predicted octanol–water partition coefficient (Wildman–Crippen LogP) is 2.62. The SMILES string of the molecule is C[C@@H](NCc1nccc(N)n1)c1ccc(Cl)s1. The minimum absolute atomic E-state index is 0.220. The number of anilines is 1. The second-order valence-electron chi connectivity index (χ2n) is 3.64. The number of nitrogens with zero attached hydrogens (tertiary/aromatic N) is 2. The molecule has 4 nitrogen and oxygen atoms in total. The van der Waals surface area contributed by atoms with Gasteiger partial charge in [-0.05, 0) is 25.1 Å². The van der Waals surface area contributed by atoms with Gasteiger partial charge in [0.1, 0.15) is 11.6 Å².